The van der Waals surface area contributed by atoms with E-state index in [-0.39, 0.29) is 17.7 Å². The fraction of sp³-hybridized carbons (Fsp3) is 0.429. The van der Waals surface area contributed by atoms with Crippen LogP contribution in [0.1, 0.15) is 48.9 Å². The van der Waals surface area contributed by atoms with E-state index >= 15 is 0 Å². The van der Waals surface area contributed by atoms with Crippen LogP contribution in [-0.2, 0) is 4.79 Å². The van der Waals surface area contributed by atoms with Crippen LogP contribution in [-0.4, -0.2) is 33.9 Å². The molecule has 7 nitrogen and oxygen atoms in total. The van der Waals surface area contributed by atoms with E-state index < -0.39 is 0 Å². The predicted molar refractivity (Wildman–Crippen MR) is 106 cm³/mol. The van der Waals surface area contributed by atoms with Gasteiger partial charge in [-0.25, -0.2) is 4.98 Å². The summed E-state index contributed by atoms with van der Waals surface area (Å²) in [6, 6.07) is 6.38. The first-order valence-electron chi connectivity index (χ1n) is 9.99. The number of carbonyl (C=O) groups is 2. The van der Waals surface area contributed by atoms with Crippen LogP contribution in [0.5, 0.6) is 0 Å². The maximum absolute atomic E-state index is 12.8. The van der Waals surface area contributed by atoms with Crippen LogP contribution in [0, 0.1) is 5.92 Å². The quantitative estimate of drug-likeness (QED) is 0.835. The first-order chi connectivity index (χ1) is 13.7. The Morgan fingerprint density at radius 3 is 2.43 bits per heavy atom. The van der Waals surface area contributed by atoms with Gasteiger partial charge in [-0.2, -0.15) is 0 Å². The number of nitrogens with zero attached hydrogens (tertiary/aromatic N) is 3. The molecule has 3 aliphatic rings. The van der Waals surface area contributed by atoms with Gasteiger partial charge in [0.25, 0.3) is 5.91 Å². The summed E-state index contributed by atoms with van der Waals surface area (Å²) >= 11 is 0. The Morgan fingerprint density at radius 1 is 0.964 bits per heavy atom. The third-order valence-corrected chi connectivity index (χ3v) is 6.00. The minimum Gasteiger partial charge on any atom is -0.364 e. The van der Waals surface area contributed by atoms with Crippen LogP contribution in [0.4, 0.5) is 17.2 Å². The van der Waals surface area contributed by atoms with Gasteiger partial charge in [0, 0.05) is 36.0 Å². The number of pyridine rings is 2. The molecule has 0 atom stereocenters. The van der Waals surface area contributed by atoms with Crippen LogP contribution < -0.4 is 15.5 Å². The second kappa shape index (κ2) is 6.89. The lowest BCUT2D eigenvalue weighted by atomic mass is 10.0. The summed E-state index contributed by atoms with van der Waals surface area (Å²) < 4.78 is 0. The number of carbonyl (C=O) groups excluding carboxylic acids is 2. The van der Waals surface area contributed by atoms with E-state index in [2.05, 4.69) is 25.5 Å². The molecule has 2 saturated heterocycles. The van der Waals surface area contributed by atoms with Crippen molar-refractivity contribution in [2.45, 2.75) is 50.6 Å². The highest BCUT2D eigenvalue weighted by atomic mass is 16.2. The average Bonchev–Trinajstić information content (AvgIpc) is 3.41. The van der Waals surface area contributed by atoms with Crippen LogP contribution in [0.3, 0.4) is 0 Å². The number of nitrogens with one attached hydrogen (secondary N) is 2. The molecule has 28 heavy (non-hydrogen) atoms. The molecule has 0 aromatic carbocycles. The van der Waals surface area contributed by atoms with Crippen LogP contribution >= 0.6 is 0 Å². The van der Waals surface area contributed by atoms with Gasteiger partial charge in [-0.05, 0) is 56.7 Å². The van der Waals surface area contributed by atoms with Gasteiger partial charge in [0.05, 0.1) is 17.6 Å². The number of fused-ring (bicyclic) bond motifs is 2. The molecule has 144 valence electrons. The van der Waals surface area contributed by atoms with Gasteiger partial charge in [-0.15, -0.1) is 0 Å². The van der Waals surface area contributed by atoms with Crippen molar-refractivity contribution in [2.24, 2.45) is 5.92 Å². The minimum absolute atomic E-state index is 0.0240. The van der Waals surface area contributed by atoms with Crippen molar-refractivity contribution in [1.29, 1.82) is 0 Å². The average molecular weight is 377 g/mol. The first-order valence-corrected chi connectivity index (χ1v) is 9.99. The molecule has 7 heteroatoms. The summed E-state index contributed by atoms with van der Waals surface area (Å²) in [6.45, 7) is 0. The largest absolute Gasteiger partial charge is 0.364 e. The molecular formula is C21H23N5O2. The van der Waals surface area contributed by atoms with E-state index in [9.17, 15) is 9.59 Å². The Labute approximate surface area is 163 Å². The minimum atomic E-state index is -0.231. The molecule has 2 aromatic rings. The molecule has 2 N–H and O–H groups in total. The predicted octanol–water partition coefficient (Wildman–Crippen LogP) is 3.21. The Hall–Kier alpha value is -2.96. The lowest BCUT2D eigenvalue weighted by Gasteiger charge is -2.26. The lowest BCUT2D eigenvalue weighted by molar-refractivity contribution is -0.117. The molecule has 0 radical (unpaired) electrons. The maximum atomic E-state index is 12.8. The van der Waals surface area contributed by atoms with Gasteiger partial charge in [-0.3, -0.25) is 14.6 Å². The van der Waals surface area contributed by atoms with Crippen molar-refractivity contribution >= 4 is 29.0 Å². The number of rotatable bonds is 5. The molecule has 2 aromatic heterocycles. The molecule has 3 fully saturated rings. The Bertz CT molecular complexity index is 907. The highest BCUT2D eigenvalue weighted by Crippen LogP contribution is 2.43. The van der Waals surface area contributed by atoms with E-state index in [1.165, 1.54) is 25.7 Å². The van der Waals surface area contributed by atoms with E-state index in [1.54, 1.807) is 30.7 Å². The van der Waals surface area contributed by atoms with E-state index in [0.717, 1.165) is 24.2 Å². The summed E-state index contributed by atoms with van der Waals surface area (Å²) in [5.41, 5.74) is 2.23. The Morgan fingerprint density at radius 2 is 1.71 bits per heavy atom. The number of amides is 2. The van der Waals surface area contributed by atoms with Crippen molar-refractivity contribution in [3.8, 4) is 0 Å². The molecule has 1 saturated carbocycles. The standard InChI is InChI=1S/C21H23N5O2/c27-20(13-1-2-13)25-19-11-14(7-10-23-19)21(28)24-17-12-22-9-8-18(17)26-15-3-4-16(26)6-5-15/h7-13,15-16H,1-6H2,(H,24,28)(H,23,25,27). The van der Waals surface area contributed by atoms with Gasteiger partial charge < -0.3 is 15.5 Å². The summed E-state index contributed by atoms with van der Waals surface area (Å²) in [5.74, 6) is 0.246. The van der Waals surface area contributed by atoms with Gasteiger partial charge >= 0.3 is 0 Å². The molecule has 5 rings (SSSR count). The topological polar surface area (TPSA) is 87.2 Å². The summed E-state index contributed by atoms with van der Waals surface area (Å²) in [5, 5.41) is 5.79. The summed E-state index contributed by atoms with van der Waals surface area (Å²) in [7, 11) is 0. The molecule has 0 unspecified atom stereocenters. The van der Waals surface area contributed by atoms with Gasteiger partial charge in [0.1, 0.15) is 5.82 Å². The molecule has 2 bridgehead atoms. The van der Waals surface area contributed by atoms with E-state index in [1.807, 2.05) is 6.07 Å². The monoisotopic (exact) mass is 377 g/mol. The number of anilines is 3. The van der Waals surface area contributed by atoms with Crippen LogP contribution in [0.2, 0.25) is 0 Å². The smallest absolute Gasteiger partial charge is 0.255 e. The van der Waals surface area contributed by atoms with Crippen molar-refractivity contribution in [1.82, 2.24) is 9.97 Å². The van der Waals surface area contributed by atoms with Gasteiger partial charge in [0.2, 0.25) is 5.91 Å². The lowest BCUT2D eigenvalue weighted by Crippen LogP contribution is -2.29. The molecule has 0 spiro atoms. The van der Waals surface area contributed by atoms with Crippen molar-refractivity contribution < 1.29 is 9.59 Å². The first kappa shape index (κ1) is 17.2. The fourth-order valence-corrected chi connectivity index (χ4v) is 4.42. The molecule has 2 amide bonds. The van der Waals surface area contributed by atoms with Crippen LogP contribution in [0.25, 0.3) is 0 Å². The zero-order valence-electron chi connectivity index (χ0n) is 15.6. The van der Waals surface area contributed by atoms with E-state index in [4.69, 9.17) is 0 Å². The summed E-state index contributed by atoms with van der Waals surface area (Å²) in [4.78, 5) is 35.6. The Kier molecular flexibility index (Phi) is 4.22. The zero-order valence-corrected chi connectivity index (χ0v) is 15.6. The van der Waals surface area contributed by atoms with Crippen molar-refractivity contribution in [2.75, 3.05) is 15.5 Å². The summed E-state index contributed by atoms with van der Waals surface area (Å²) in [6.07, 6.45) is 11.8. The second-order valence-electron chi connectivity index (χ2n) is 7.91. The molecular weight excluding hydrogens is 354 g/mol. The van der Waals surface area contributed by atoms with Crippen LogP contribution in [0.15, 0.2) is 36.8 Å². The third kappa shape index (κ3) is 3.21. The Balaban J connectivity index is 1.34. The second-order valence-corrected chi connectivity index (χ2v) is 7.91. The molecule has 2 aliphatic heterocycles. The SMILES string of the molecule is O=C(Nc1cnccc1N1C2CCC1CC2)c1ccnc(NC(=O)C2CC2)c1. The number of aromatic nitrogens is 2. The fourth-order valence-electron chi connectivity index (χ4n) is 4.42. The van der Waals surface area contributed by atoms with Gasteiger partial charge in [0.15, 0.2) is 0 Å². The van der Waals surface area contributed by atoms with Crippen molar-refractivity contribution in [3.63, 3.8) is 0 Å². The van der Waals surface area contributed by atoms with Crippen molar-refractivity contribution in [3.05, 3.63) is 42.4 Å². The number of hydrogen-bond donors (Lipinski definition) is 2. The third-order valence-electron chi connectivity index (χ3n) is 6.00. The highest BCUT2D eigenvalue weighted by molar-refractivity contribution is 6.06. The zero-order chi connectivity index (χ0) is 19.1. The van der Waals surface area contributed by atoms with E-state index in [0.29, 0.717) is 23.5 Å². The maximum Gasteiger partial charge on any atom is 0.255 e. The number of hydrogen-bond acceptors (Lipinski definition) is 5. The highest BCUT2D eigenvalue weighted by Gasteiger charge is 2.40. The molecule has 4 heterocycles. The normalized spacial score (nSPS) is 22.9. The van der Waals surface area contributed by atoms with Gasteiger partial charge in [-0.1, -0.05) is 0 Å². The molecule has 1 aliphatic carbocycles.